The molecule has 0 radical (unpaired) electrons. The Hall–Kier alpha value is -3.34. The summed E-state index contributed by atoms with van der Waals surface area (Å²) in [6, 6.07) is 4.65. The molecule has 1 aromatic carbocycles. The van der Waals surface area contributed by atoms with Gasteiger partial charge in [-0.25, -0.2) is 9.78 Å². The molecule has 0 aliphatic carbocycles. The Bertz CT molecular complexity index is 895. The van der Waals surface area contributed by atoms with Crippen LogP contribution >= 0.6 is 11.3 Å². The summed E-state index contributed by atoms with van der Waals surface area (Å²) in [6.45, 7) is 3.17. The number of carbonyl (C=O) groups excluding carboxylic acids is 2. The second-order valence-electron chi connectivity index (χ2n) is 5.54. The van der Waals surface area contributed by atoms with Crippen molar-refractivity contribution in [3.05, 3.63) is 34.4 Å². The van der Waals surface area contributed by atoms with E-state index in [1.165, 1.54) is 13.0 Å². The van der Waals surface area contributed by atoms with Gasteiger partial charge in [-0.05, 0) is 34.7 Å². The number of nitrogens with one attached hydrogen (secondary N) is 4. The molecular formula is C16H18N5O5S+. The van der Waals surface area contributed by atoms with Gasteiger partial charge in [0.2, 0.25) is 10.9 Å². The summed E-state index contributed by atoms with van der Waals surface area (Å²) in [5.74, 6) is -1.80. The number of aromatic nitrogens is 1. The molecular weight excluding hydrogens is 374 g/mol. The number of carboxylic acid groups (broad SMARTS) is 1. The van der Waals surface area contributed by atoms with Crippen molar-refractivity contribution in [2.45, 2.75) is 20.3 Å². The number of H-pyrrole nitrogens is 1. The number of aryl methyl sites for hydroxylation is 1. The van der Waals surface area contributed by atoms with Crippen LogP contribution in [0.1, 0.15) is 29.4 Å². The van der Waals surface area contributed by atoms with Crippen molar-refractivity contribution in [2.75, 3.05) is 22.5 Å². The zero-order valence-electron chi connectivity index (χ0n) is 14.6. The molecule has 0 unspecified atom stereocenters. The first kappa shape index (κ1) is 20.0. The van der Waals surface area contributed by atoms with Gasteiger partial charge in [0.1, 0.15) is 5.69 Å². The van der Waals surface area contributed by atoms with E-state index in [0.29, 0.717) is 16.5 Å². The SMILES string of the molecule is CC(=O)Nc1cc(NCCC(=O)O)ccc1C(=O)Nc1[nH+]c(C)c(N=O)s1. The number of thiazole rings is 1. The number of amides is 2. The van der Waals surface area contributed by atoms with E-state index in [1.807, 2.05) is 0 Å². The van der Waals surface area contributed by atoms with Gasteiger partial charge < -0.3 is 15.7 Å². The van der Waals surface area contributed by atoms with Gasteiger partial charge in [-0.2, -0.15) is 5.32 Å². The topological polar surface area (TPSA) is 151 Å². The lowest BCUT2D eigenvalue weighted by Crippen LogP contribution is -2.20. The number of hydrogen-bond acceptors (Lipinski definition) is 7. The monoisotopic (exact) mass is 392 g/mol. The molecule has 0 saturated heterocycles. The number of carboxylic acids is 1. The van der Waals surface area contributed by atoms with Crippen LogP contribution in [0, 0.1) is 11.8 Å². The predicted molar refractivity (Wildman–Crippen MR) is 101 cm³/mol. The molecule has 0 spiro atoms. The van der Waals surface area contributed by atoms with Crippen molar-refractivity contribution in [3.63, 3.8) is 0 Å². The van der Waals surface area contributed by atoms with Crippen LogP contribution < -0.4 is 20.9 Å². The fraction of sp³-hybridized carbons (Fsp3) is 0.250. The van der Waals surface area contributed by atoms with Crippen molar-refractivity contribution in [2.24, 2.45) is 5.18 Å². The molecule has 0 bridgehead atoms. The van der Waals surface area contributed by atoms with Crippen molar-refractivity contribution in [1.29, 1.82) is 0 Å². The summed E-state index contributed by atoms with van der Waals surface area (Å²) in [7, 11) is 0. The normalized spacial score (nSPS) is 10.1. The van der Waals surface area contributed by atoms with E-state index in [9.17, 15) is 19.3 Å². The molecule has 0 fully saturated rings. The Kier molecular flexibility index (Phi) is 6.55. The standard InChI is InChI=1S/C16H17N5O5S/c1-8-15(21-26)27-16(18-8)20-14(25)11-4-3-10(17-6-5-13(23)24)7-12(11)19-9(2)22/h3-4,7,17H,5-6H2,1-2H3,(H,19,22)(H,23,24)(H,18,20,25)/p+1. The summed E-state index contributed by atoms with van der Waals surface area (Å²) in [4.78, 5) is 48.1. The van der Waals surface area contributed by atoms with Gasteiger partial charge in [0.25, 0.3) is 0 Å². The lowest BCUT2D eigenvalue weighted by Gasteiger charge is -2.11. The Morgan fingerprint density at radius 3 is 2.59 bits per heavy atom. The van der Waals surface area contributed by atoms with Gasteiger partial charge >= 0.3 is 17.0 Å². The molecule has 1 aromatic heterocycles. The summed E-state index contributed by atoms with van der Waals surface area (Å²) < 4.78 is 0. The molecule has 2 aromatic rings. The molecule has 0 atom stereocenters. The molecule has 27 heavy (non-hydrogen) atoms. The zero-order valence-corrected chi connectivity index (χ0v) is 15.4. The molecule has 1 heterocycles. The number of rotatable bonds is 8. The second kappa shape index (κ2) is 8.85. The number of benzene rings is 1. The minimum Gasteiger partial charge on any atom is -0.481 e. The maximum Gasteiger partial charge on any atom is 0.341 e. The lowest BCUT2D eigenvalue weighted by molar-refractivity contribution is -0.363. The van der Waals surface area contributed by atoms with Crippen LogP contribution in [0.5, 0.6) is 0 Å². The fourth-order valence-electron chi connectivity index (χ4n) is 2.20. The maximum atomic E-state index is 12.6. The van der Waals surface area contributed by atoms with E-state index in [4.69, 9.17) is 5.11 Å². The van der Waals surface area contributed by atoms with Gasteiger partial charge in [0.05, 0.1) is 17.7 Å². The number of carbonyl (C=O) groups is 3. The number of aliphatic carboxylic acids is 1. The van der Waals surface area contributed by atoms with Gasteiger partial charge in [-0.15, -0.1) is 4.91 Å². The van der Waals surface area contributed by atoms with E-state index in [2.05, 4.69) is 26.1 Å². The summed E-state index contributed by atoms with van der Waals surface area (Å²) in [5.41, 5.74) is 1.56. The van der Waals surface area contributed by atoms with Crippen LogP contribution in [-0.2, 0) is 9.59 Å². The average molecular weight is 392 g/mol. The van der Waals surface area contributed by atoms with E-state index in [0.717, 1.165) is 11.3 Å². The molecule has 0 aliphatic rings. The maximum absolute atomic E-state index is 12.6. The number of nitroso groups, excluding NO2 is 1. The molecule has 11 heteroatoms. The fourth-order valence-corrected chi connectivity index (χ4v) is 2.98. The molecule has 0 saturated carbocycles. The number of hydrogen-bond donors (Lipinski definition) is 4. The van der Waals surface area contributed by atoms with Gasteiger partial charge in [0, 0.05) is 26.1 Å². The average Bonchev–Trinajstić information content (AvgIpc) is 2.93. The van der Waals surface area contributed by atoms with E-state index in [-0.39, 0.29) is 35.1 Å². The molecule has 2 rings (SSSR count). The second-order valence-corrected chi connectivity index (χ2v) is 6.54. The van der Waals surface area contributed by atoms with Crippen LogP contribution in [0.2, 0.25) is 0 Å². The number of aromatic amines is 1. The Morgan fingerprint density at radius 2 is 2.00 bits per heavy atom. The highest BCUT2D eigenvalue weighted by atomic mass is 32.1. The molecule has 5 N–H and O–H groups in total. The van der Waals surface area contributed by atoms with Crippen molar-refractivity contribution >= 4 is 50.6 Å². The first-order valence-electron chi connectivity index (χ1n) is 7.85. The van der Waals surface area contributed by atoms with E-state index < -0.39 is 11.9 Å². The molecule has 2 amide bonds. The Morgan fingerprint density at radius 1 is 1.26 bits per heavy atom. The number of anilines is 3. The third-order valence-electron chi connectivity index (χ3n) is 3.37. The largest absolute Gasteiger partial charge is 0.481 e. The first-order valence-corrected chi connectivity index (χ1v) is 8.66. The van der Waals surface area contributed by atoms with Crippen molar-refractivity contribution in [1.82, 2.24) is 0 Å². The molecule has 0 aliphatic heterocycles. The quantitative estimate of drug-likeness (QED) is 0.506. The van der Waals surface area contributed by atoms with E-state index in [1.54, 1.807) is 19.1 Å². The van der Waals surface area contributed by atoms with Crippen LogP contribution in [0.3, 0.4) is 0 Å². The van der Waals surface area contributed by atoms with Crippen LogP contribution in [-0.4, -0.2) is 29.4 Å². The lowest BCUT2D eigenvalue weighted by atomic mass is 10.1. The minimum atomic E-state index is -0.938. The van der Waals surface area contributed by atoms with Crippen LogP contribution in [0.4, 0.5) is 21.5 Å². The smallest absolute Gasteiger partial charge is 0.341 e. The van der Waals surface area contributed by atoms with Crippen LogP contribution in [0.25, 0.3) is 0 Å². The zero-order chi connectivity index (χ0) is 20.0. The third-order valence-corrected chi connectivity index (χ3v) is 4.36. The molecule has 142 valence electrons. The van der Waals surface area contributed by atoms with Gasteiger partial charge in [-0.1, -0.05) is 0 Å². The van der Waals surface area contributed by atoms with Crippen molar-refractivity contribution < 1.29 is 24.5 Å². The highest BCUT2D eigenvalue weighted by Crippen LogP contribution is 2.28. The summed E-state index contributed by atoms with van der Waals surface area (Å²) in [5, 5.41) is 20.2. The van der Waals surface area contributed by atoms with E-state index >= 15 is 0 Å². The Labute approximate surface area is 158 Å². The van der Waals surface area contributed by atoms with Gasteiger partial charge in [-0.3, -0.25) is 9.59 Å². The minimum absolute atomic E-state index is 0.0711. The molecule has 10 nitrogen and oxygen atoms in total. The Balaban J connectivity index is 2.21. The number of nitrogens with zero attached hydrogens (tertiary/aromatic N) is 1. The van der Waals surface area contributed by atoms with Crippen LogP contribution in [0.15, 0.2) is 23.4 Å². The summed E-state index contributed by atoms with van der Waals surface area (Å²) >= 11 is 0.997. The van der Waals surface area contributed by atoms with Crippen molar-refractivity contribution in [3.8, 4) is 0 Å². The highest BCUT2D eigenvalue weighted by molar-refractivity contribution is 7.19. The predicted octanol–water partition coefficient (Wildman–Crippen LogP) is 2.37. The third kappa shape index (κ3) is 5.57. The summed E-state index contributed by atoms with van der Waals surface area (Å²) in [6.07, 6.45) is -0.0711. The first-order chi connectivity index (χ1) is 12.8. The van der Waals surface area contributed by atoms with Gasteiger partial charge in [0.15, 0.2) is 0 Å². The highest BCUT2D eigenvalue weighted by Gasteiger charge is 2.21.